The number of likely N-dealkylation sites (tertiary alicyclic amines) is 1. The SMILES string of the molecule is CCC1(N(C)C)CN(C(c2ccccc2)c2ccccc2)C1.CCC1(N(C)C)CNC1.Cl.Cl. The molecule has 2 aliphatic rings. The molecule has 186 valence electrons. The van der Waals surface area contributed by atoms with Crippen molar-refractivity contribution in [3.63, 3.8) is 0 Å². The van der Waals surface area contributed by atoms with Crippen LogP contribution in [0, 0.1) is 0 Å². The Morgan fingerprint density at radius 2 is 1.12 bits per heavy atom. The number of hydrogen-bond donors (Lipinski definition) is 1. The van der Waals surface area contributed by atoms with E-state index in [0.29, 0.717) is 17.1 Å². The molecule has 33 heavy (non-hydrogen) atoms. The number of rotatable bonds is 7. The molecule has 0 spiro atoms. The van der Waals surface area contributed by atoms with E-state index in [-0.39, 0.29) is 24.8 Å². The second-order valence-electron chi connectivity index (χ2n) is 9.68. The highest BCUT2D eigenvalue weighted by atomic mass is 35.5. The van der Waals surface area contributed by atoms with Crippen molar-refractivity contribution >= 4 is 24.8 Å². The lowest BCUT2D eigenvalue weighted by Gasteiger charge is -2.56. The standard InChI is InChI=1S/C20H26N2.C7H16N2.2ClH/c1-4-20(21(2)3)15-22(16-20)19(17-11-7-5-8-12-17)18-13-9-6-10-14-18;1-4-7(9(2)3)5-8-6-7;;/h5-14,19H,4,15-16H2,1-3H3;8H,4-6H2,1-3H3;2*1H. The number of benzene rings is 2. The molecule has 0 aliphatic carbocycles. The average Bonchev–Trinajstić information content (AvgIpc) is 2.71. The Labute approximate surface area is 214 Å². The van der Waals surface area contributed by atoms with Gasteiger partial charge in [0.25, 0.3) is 0 Å². The van der Waals surface area contributed by atoms with E-state index in [2.05, 4.69) is 123 Å². The first-order valence-corrected chi connectivity index (χ1v) is 11.8. The van der Waals surface area contributed by atoms with E-state index in [9.17, 15) is 0 Å². The van der Waals surface area contributed by atoms with Crippen LogP contribution in [0.3, 0.4) is 0 Å². The summed E-state index contributed by atoms with van der Waals surface area (Å²) in [5.74, 6) is 0. The van der Waals surface area contributed by atoms with Crippen LogP contribution in [0.4, 0.5) is 0 Å². The highest BCUT2D eigenvalue weighted by Gasteiger charge is 2.46. The first-order valence-electron chi connectivity index (χ1n) is 11.8. The lowest BCUT2D eigenvalue weighted by Crippen LogP contribution is -2.68. The second kappa shape index (κ2) is 13.1. The minimum absolute atomic E-state index is 0. The molecule has 2 fully saturated rings. The summed E-state index contributed by atoms with van der Waals surface area (Å²) in [5, 5.41) is 3.29. The van der Waals surface area contributed by atoms with Crippen molar-refractivity contribution in [1.29, 1.82) is 0 Å². The Morgan fingerprint density at radius 1 is 0.727 bits per heavy atom. The molecule has 0 aromatic heterocycles. The second-order valence-corrected chi connectivity index (χ2v) is 9.68. The molecule has 0 saturated carbocycles. The number of halogens is 2. The van der Waals surface area contributed by atoms with Gasteiger partial charge in [0.15, 0.2) is 0 Å². The highest BCUT2D eigenvalue weighted by molar-refractivity contribution is 5.85. The molecule has 0 amide bonds. The summed E-state index contributed by atoms with van der Waals surface area (Å²) < 4.78 is 0. The third-order valence-electron chi connectivity index (χ3n) is 7.71. The summed E-state index contributed by atoms with van der Waals surface area (Å²) in [4.78, 5) is 7.33. The van der Waals surface area contributed by atoms with Crippen molar-refractivity contribution < 1.29 is 0 Å². The summed E-state index contributed by atoms with van der Waals surface area (Å²) in [6.45, 7) is 9.14. The van der Waals surface area contributed by atoms with Gasteiger partial charge in [-0.2, -0.15) is 0 Å². The predicted octanol–water partition coefficient (Wildman–Crippen LogP) is 4.95. The van der Waals surface area contributed by atoms with Crippen molar-refractivity contribution in [2.24, 2.45) is 0 Å². The summed E-state index contributed by atoms with van der Waals surface area (Å²) in [5.41, 5.74) is 3.59. The first kappa shape index (κ1) is 29.9. The lowest BCUT2D eigenvalue weighted by molar-refractivity contribution is -0.0488. The minimum Gasteiger partial charge on any atom is -0.313 e. The van der Waals surface area contributed by atoms with Gasteiger partial charge in [-0.1, -0.05) is 74.5 Å². The van der Waals surface area contributed by atoms with E-state index in [1.54, 1.807) is 0 Å². The van der Waals surface area contributed by atoms with Gasteiger partial charge in [-0.15, -0.1) is 24.8 Å². The monoisotopic (exact) mass is 494 g/mol. The molecule has 0 radical (unpaired) electrons. The van der Waals surface area contributed by atoms with Crippen molar-refractivity contribution in [2.45, 2.75) is 43.8 Å². The Morgan fingerprint density at radius 3 is 1.36 bits per heavy atom. The zero-order valence-corrected chi connectivity index (χ0v) is 22.9. The fourth-order valence-corrected chi connectivity index (χ4v) is 4.90. The summed E-state index contributed by atoms with van der Waals surface area (Å²) in [6, 6.07) is 22.1. The Balaban J connectivity index is 0.000000422. The molecule has 2 aromatic rings. The quantitative estimate of drug-likeness (QED) is 0.587. The van der Waals surface area contributed by atoms with Crippen LogP contribution in [0.15, 0.2) is 60.7 Å². The maximum Gasteiger partial charge on any atom is 0.0603 e. The fraction of sp³-hybridized carbons (Fsp3) is 0.556. The molecule has 4 nitrogen and oxygen atoms in total. The Kier molecular flexibility index (Phi) is 11.9. The average molecular weight is 496 g/mol. The van der Waals surface area contributed by atoms with Crippen LogP contribution in [0.2, 0.25) is 0 Å². The molecule has 2 heterocycles. The van der Waals surface area contributed by atoms with Gasteiger partial charge in [-0.05, 0) is 52.2 Å². The molecule has 2 saturated heterocycles. The lowest BCUT2D eigenvalue weighted by atomic mass is 9.82. The van der Waals surface area contributed by atoms with E-state index >= 15 is 0 Å². The van der Waals surface area contributed by atoms with Crippen LogP contribution in [-0.2, 0) is 0 Å². The van der Waals surface area contributed by atoms with E-state index in [1.165, 1.54) is 24.0 Å². The van der Waals surface area contributed by atoms with Gasteiger partial charge in [0.1, 0.15) is 0 Å². The Hall–Kier alpha value is -1.14. The van der Waals surface area contributed by atoms with Crippen molar-refractivity contribution in [1.82, 2.24) is 20.0 Å². The molecule has 1 N–H and O–H groups in total. The molecule has 2 aromatic carbocycles. The topological polar surface area (TPSA) is 21.8 Å². The summed E-state index contributed by atoms with van der Waals surface area (Å²) >= 11 is 0. The van der Waals surface area contributed by atoms with E-state index in [4.69, 9.17) is 0 Å². The smallest absolute Gasteiger partial charge is 0.0603 e. The van der Waals surface area contributed by atoms with Gasteiger partial charge in [-0.25, -0.2) is 0 Å². The number of hydrogen-bond acceptors (Lipinski definition) is 4. The highest BCUT2D eigenvalue weighted by Crippen LogP contribution is 2.39. The molecular formula is C27H44Cl2N4. The molecule has 6 heteroatoms. The van der Waals surface area contributed by atoms with Gasteiger partial charge >= 0.3 is 0 Å². The number of likely N-dealkylation sites (N-methyl/N-ethyl adjacent to an activating group) is 2. The Bertz CT molecular complexity index is 743. The number of nitrogens with one attached hydrogen (secondary N) is 1. The van der Waals surface area contributed by atoms with Crippen LogP contribution in [0.5, 0.6) is 0 Å². The van der Waals surface area contributed by atoms with Gasteiger partial charge in [0.2, 0.25) is 0 Å². The first-order chi connectivity index (χ1) is 14.9. The van der Waals surface area contributed by atoms with E-state index in [1.807, 2.05) is 0 Å². The summed E-state index contributed by atoms with van der Waals surface area (Å²) in [6.07, 6.45) is 2.46. The molecule has 0 unspecified atom stereocenters. The summed E-state index contributed by atoms with van der Waals surface area (Å²) in [7, 11) is 8.73. The normalized spacial score (nSPS) is 18.3. The van der Waals surface area contributed by atoms with E-state index < -0.39 is 0 Å². The van der Waals surface area contributed by atoms with Crippen LogP contribution in [0.1, 0.15) is 43.9 Å². The van der Waals surface area contributed by atoms with Crippen molar-refractivity contribution in [3.8, 4) is 0 Å². The van der Waals surface area contributed by atoms with Gasteiger partial charge in [-0.3, -0.25) is 4.90 Å². The van der Waals surface area contributed by atoms with Gasteiger partial charge in [0.05, 0.1) is 6.04 Å². The molecule has 4 rings (SSSR count). The largest absolute Gasteiger partial charge is 0.313 e. The maximum absolute atomic E-state index is 3.29. The van der Waals surface area contributed by atoms with Crippen molar-refractivity contribution in [3.05, 3.63) is 71.8 Å². The molecule has 0 atom stereocenters. The fourth-order valence-electron chi connectivity index (χ4n) is 4.90. The van der Waals surface area contributed by atoms with E-state index in [0.717, 1.165) is 26.2 Å². The molecule has 2 aliphatic heterocycles. The van der Waals surface area contributed by atoms with Crippen LogP contribution < -0.4 is 5.32 Å². The van der Waals surface area contributed by atoms with Crippen LogP contribution >= 0.6 is 24.8 Å². The van der Waals surface area contributed by atoms with Crippen LogP contribution in [-0.4, -0.2) is 80.1 Å². The zero-order chi connectivity index (χ0) is 22.5. The van der Waals surface area contributed by atoms with Gasteiger partial charge < -0.3 is 15.1 Å². The molecule has 0 bridgehead atoms. The predicted molar refractivity (Wildman–Crippen MR) is 147 cm³/mol. The third kappa shape index (κ3) is 6.50. The van der Waals surface area contributed by atoms with Crippen LogP contribution in [0.25, 0.3) is 0 Å². The van der Waals surface area contributed by atoms with Gasteiger partial charge in [0, 0.05) is 37.3 Å². The number of nitrogens with zero attached hydrogens (tertiary/aromatic N) is 3. The third-order valence-corrected chi connectivity index (χ3v) is 7.71. The zero-order valence-electron chi connectivity index (χ0n) is 21.3. The van der Waals surface area contributed by atoms with Crippen molar-refractivity contribution in [2.75, 3.05) is 54.4 Å². The molecular weight excluding hydrogens is 451 g/mol. The minimum atomic E-state index is 0. The maximum atomic E-state index is 3.29.